The summed E-state index contributed by atoms with van der Waals surface area (Å²) in [6.45, 7) is 5.81. The second kappa shape index (κ2) is 6.93. The van der Waals surface area contributed by atoms with Crippen LogP contribution in [0.3, 0.4) is 0 Å². The first-order valence-electron chi connectivity index (χ1n) is 6.28. The van der Waals surface area contributed by atoms with Crippen molar-refractivity contribution in [3.05, 3.63) is 11.9 Å². The molecule has 0 saturated heterocycles. The monoisotopic (exact) mass is 238 g/mol. The van der Waals surface area contributed by atoms with E-state index in [1.54, 1.807) is 0 Å². The number of hydrogen-bond donors (Lipinski definition) is 2. The molecule has 0 aliphatic carbocycles. The number of aromatic nitrogens is 2. The Balaban J connectivity index is 2.68. The van der Waals surface area contributed by atoms with Crippen LogP contribution < -0.4 is 5.73 Å². The first-order valence-corrected chi connectivity index (χ1v) is 6.28. The number of H-pyrrole nitrogens is 1. The fourth-order valence-corrected chi connectivity index (χ4v) is 1.64. The van der Waals surface area contributed by atoms with E-state index >= 15 is 0 Å². The number of nitrogens with one attached hydrogen (secondary N) is 1. The van der Waals surface area contributed by atoms with E-state index in [9.17, 15) is 4.79 Å². The Hall–Kier alpha value is -1.52. The average Bonchev–Trinajstić information content (AvgIpc) is 2.75. The number of nitrogens with zero attached hydrogens (tertiary/aromatic N) is 2. The van der Waals surface area contributed by atoms with Crippen molar-refractivity contribution >= 4 is 11.6 Å². The van der Waals surface area contributed by atoms with E-state index in [0.29, 0.717) is 11.4 Å². The predicted octanol–water partition coefficient (Wildman–Crippen LogP) is 2.03. The molecule has 1 aromatic rings. The van der Waals surface area contributed by atoms with Crippen molar-refractivity contribution in [2.75, 3.05) is 18.8 Å². The van der Waals surface area contributed by atoms with Gasteiger partial charge in [0.2, 0.25) is 0 Å². The van der Waals surface area contributed by atoms with Gasteiger partial charge in [-0.3, -0.25) is 9.89 Å². The van der Waals surface area contributed by atoms with E-state index < -0.39 is 0 Å². The third kappa shape index (κ3) is 3.76. The molecule has 1 aromatic heterocycles. The van der Waals surface area contributed by atoms with Gasteiger partial charge in [-0.15, -0.1) is 0 Å². The number of anilines is 1. The lowest BCUT2D eigenvalue weighted by molar-refractivity contribution is 0.0746. The Kier molecular flexibility index (Phi) is 5.52. The number of nitrogen functional groups attached to an aromatic ring is 1. The molecule has 0 aliphatic rings. The molecular formula is C12H22N4O. The zero-order chi connectivity index (χ0) is 12.7. The number of carbonyl (C=O) groups is 1. The molecule has 17 heavy (non-hydrogen) atoms. The molecule has 0 radical (unpaired) electrons. The summed E-state index contributed by atoms with van der Waals surface area (Å²) in [7, 11) is 0. The van der Waals surface area contributed by atoms with Crippen molar-refractivity contribution in [2.24, 2.45) is 0 Å². The first kappa shape index (κ1) is 13.5. The molecule has 0 aliphatic heterocycles. The highest BCUT2D eigenvalue weighted by atomic mass is 16.2. The number of carbonyl (C=O) groups excluding carboxylic acids is 1. The molecule has 0 atom stereocenters. The van der Waals surface area contributed by atoms with Crippen LogP contribution in [0.15, 0.2) is 6.20 Å². The van der Waals surface area contributed by atoms with E-state index in [2.05, 4.69) is 24.0 Å². The molecule has 0 bridgehead atoms. The van der Waals surface area contributed by atoms with E-state index in [-0.39, 0.29) is 5.91 Å². The summed E-state index contributed by atoms with van der Waals surface area (Å²) in [6, 6.07) is 0. The number of aromatic amines is 1. The predicted molar refractivity (Wildman–Crippen MR) is 68.7 cm³/mol. The van der Waals surface area contributed by atoms with Gasteiger partial charge >= 0.3 is 0 Å². The second-order valence-corrected chi connectivity index (χ2v) is 4.20. The molecule has 0 saturated carbocycles. The zero-order valence-electron chi connectivity index (χ0n) is 10.7. The Morgan fingerprint density at radius 1 is 1.35 bits per heavy atom. The van der Waals surface area contributed by atoms with Crippen LogP contribution in [-0.4, -0.2) is 34.1 Å². The second-order valence-electron chi connectivity index (χ2n) is 4.20. The highest BCUT2D eigenvalue weighted by molar-refractivity contribution is 5.96. The van der Waals surface area contributed by atoms with Gasteiger partial charge in [0, 0.05) is 13.1 Å². The van der Waals surface area contributed by atoms with Gasteiger partial charge in [0.1, 0.15) is 5.69 Å². The molecule has 96 valence electrons. The van der Waals surface area contributed by atoms with Crippen molar-refractivity contribution in [1.29, 1.82) is 0 Å². The molecule has 1 rings (SSSR count). The number of rotatable bonds is 7. The first-order chi connectivity index (χ1) is 8.20. The quantitative estimate of drug-likeness (QED) is 0.763. The molecule has 5 heteroatoms. The summed E-state index contributed by atoms with van der Waals surface area (Å²) in [4.78, 5) is 14.1. The van der Waals surface area contributed by atoms with Gasteiger partial charge in [0.15, 0.2) is 0 Å². The summed E-state index contributed by atoms with van der Waals surface area (Å²) < 4.78 is 0. The minimum atomic E-state index is -0.0399. The van der Waals surface area contributed by atoms with Gasteiger partial charge in [-0.05, 0) is 12.8 Å². The molecule has 5 nitrogen and oxygen atoms in total. The summed E-state index contributed by atoms with van der Waals surface area (Å²) in [5.74, 6) is -0.0399. The molecule has 0 spiro atoms. The molecule has 3 N–H and O–H groups in total. The van der Waals surface area contributed by atoms with Gasteiger partial charge < -0.3 is 10.6 Å². The average molecular weight is 238 g/mol. The smallest absolute Gasteiger partial charge is 0.274 e. The topological polar surface area (TPSA) is 75.0 Å². The van der Waals surface area contributed by atoms with Crippen molar-refractivity contribution in [1.82, 2.24) is 15.1 Å². The van der Waals surface area contributed by atoms with Crippen LogP contribution in [0.1, 0.15) is 50.0 Å². The van der Waals surface area contributed by atoms with Gasteiger partial charge in [0.05, 0.1) is 11.9 Å². The maximum atomic E-state index is 12.2. The van der Waals surface area contributed by atoms with Gasteiger partial charge in [-0.2, -0.15) is 5.10 Å². The Morgan fingerprint density at radius 2 is 1.94 bits per heavy atom. The van der Waals surface area contributed by atoms with Crippen LogP contribution in [0.4, 0.5) is 5.69 Å². The van der Waals surface area contributed by atoms with Crippen molar-refractivity contribution in [3.8, 4) is 0 Å². The van der Waals surface area contributed by atoms with E-state index in [0.717, 1.165) is 38.8 Å². The lowest BCUT2D eigenvalue weighted by atomic mass is 10.2. The lowest BCUT2D eigenvalue weighted by Crippen LogP contribution is -2.33. The largest absolute Gasteiger partial charge is 0.396 e. The van der Waals surface area contributed by atoms with Crippen LogP contribution in [0.5, 0.6) is 0 Å². The van der Waals surface area contributed by atoms with Crippen LogP contribution in [-0.2, 0) is 0 Å². The summed E-state index contributed by atoms with van der Waals surface area (Å²) in [5.41, 5.74) is 6.53. The Bertz CT molecular complexity index is 340. The minimum Gasteiger partial charge on any atom is -0.396 e. The molecule has 1 heterocycles. The number of unbranched alkanes of at least 4 members (excludes halogenated alkanes) is 2. The maximum absolute atomic E-state index is 12.2. The van der Waals surface area contributed by atoms with Crippen molar-refractivity contribution in [3.63, 3.8) is 0 Å². The third-order valence-corrected chi connectivity index (χ3v) is 2.73. The highest BCUT2D eigenvalue weighted by Crippen LogP contribution is 2.11. The third-order valence-electron chi connectivity index (χ3n) is 2.73. The van der Waals surface area contributed by atoms with Crippen LogP contribution in [0.2, 0.25) is 0 Å². The van der Waals surface area contributed by atoms with Crippen molar-refractivity contribution < 1.29 is 4.79 Å². The highest BCUT2D eigenvalue weighted by Gasteiger charge is 2.18. The molecule has 0 fully saturated rings. The summed E-state index contributed by atoms with van der Waals surface area (Å²) in [6.07, 6.45) is 5.67. The van der Waals surface area contributed by atoms with Gasteiger partial charge in [0.25, 0.3) is 5.91 Å². The molecular weight excluding hydrogens is 216 g/mol. The van der Waals surface area contributed by atoms with E-state index in [1.165, 1.54) is 6.20 Å². The fourth-order valence-electron chi connectivity index (χ4n) is 1.64. The van der Waals surface area contributed by atoms with Crippen LogP contribution in [0.25, 0.3) is 0 Å². The van der Waals surface area contributed by atoms with Crippen molar-refractivity contribution in [2.45, 2.75) is 39.5 Å². The molecule has 0 aromatic carbocycles. The number of hydrogen-bond acceptors (Lipinski definition) is 3. The Labute approximate surface area is 102 Å². The number of amides is 1. The number of nitrogens with two attached hydrogens (primary N) is 1. The molecule has 0 unspecified atom stereocenters. The molecule has 1 amide bonds. The van der Waals surface area contributed by atoms with Gasteiger partial charge in [-0.1, -0.05) is 26.7 Å². The van der Waals surface area contributed by atoms with Gasteiger partial charge in [-0.25, -0.2) is 0 Å². The standard InChI is InChI=1S/C12H22N4O/c1-3-5-7-16(8-6-4-2)12(17)11-10(13)9-14-15-11/h9H,3-8,13H2,1-2H3,(H,14,15). The van der Waals surface area contributed by atoms with E-state index in [4.69, 9.17) is 5.73 Å². The fraction of sp³-hybridized carbons (Fsp3) is 0.667. The minimum absolute atomic E-state index is 0.0399. The Morgan fingerprint density at radius 3 is 2.35 bits per heavy atom. The normalized spacial score (nSPS) is 10.5. The zero-order valence-corrected chi connectivity index (χ0v) is 10.7. The SMILES string of the molecule is CCCCN(CCCC)C(=O)c1[nH]ncc1N. The van der Waals surface area contributed by atoms with Crippen LogP contribution in [0, 0.1) is 0 Å². The van der Waals surface area contributed by atoms with E-state index in [1.807, 2.05) is 4.90 Å². The summed E-state index contributed by atoms with van der Waals surface area (Å²) >= 11 is 0. The van der Waals surface area contributed by atoms with Crippen LogP contribution >= 0.6 is 0 Å². The lowest BCUT2D eigenvalue weighted by Gasteiger charge is -2.21. The summed E-state index contributed by atoms with van der Waals surface area (Å²) in [5, 5.41) is 6.46. The maximum Gasteiger partial charge on any atom is 0.274 e.